The third-order valence-electron chi connectivity index (χ3n) is 11.0. The first-order valence-corrected chi connectivity index (χ1v) is 19.5. The highest BCUT2D eigenvalue weighted by molar-refractivity contribution is 5.83. The Bertz CT molecular complexity index is 1410. The second-order valence-corrected chi connectivity index (χ2v) is 17.6. The minimum atomic E-state index is -4.43. The number of hydrogen-bond acceptors (Lipinski definition) is 8. The quantitative estimate of drug-likeness (QED) is 0.248. The average Bonchev–Trinajstić information content (AvgIpc) is 3.66. The molecule has 4 atom stereocenters. The van der Waals surface area contributed by atoms with Crippen molar-refractivity contribution in [1.29, 1.82) is 0 Å². The van der Waals surface area contributed by atoms with Gasteiger partial charge < -0.3 is 29.7 Å². The number of fused-ring (bicyclic) bond motifs is 1. The molecule has 0 aromatic carbocycles. The fraction of sp³-hybridized carbons (Fsp3) is 0.800. The van der Waals surface area contributed by atoms with E-state index in [2.05, 4.69) is 43.3 Å². The molecule has 2 amide bonds. The van der Waals surface area contributed by atoms with Crippen LogP contribution >= 0.6 is 0 Å². The molecule has 0 radical (unpaired) electrons. The van der Waals surface area contributed by atoms with Gasteiger partial charge in [0, 0.05) is 62.7 Å². The van der Waals surface area contributed by atoms with E-state index in [0.29, 0.717) is 54.6 Å². The van der Waals surface area contributed by atoms with Gasteiger partial charge >= 0.3 is 18.2 Å². The molecule has 10 nitrogen and oxygen atoms in total. The number of hydrogen-bond donors (Lipinski definition) is 2. The molecule has 3 heterocycles. The van der Waals surface area contributed by atoms with E-state index in [4.69, 9.17) is 14.2 Å². The number of alkyl carbamates (subject to hydrolysis) is 1. The Morgan fingerprint density at radius 2 is 1.55 bits per heavy atom. The third kappa shape index (κ3) is 11.8. The molecule has 0 bridgehead atoms. The minimum absolute atomic E-state index is 0.0299. The van der Waals surface area contributed by atoms with Crippen molar-refractivity contribution in [1.82, 2.24) is 20.5 Å². The molecule has 4 aliphatic rings. The fourth-order valence-corrected chi connectivity index (χ4v) is 8.98. The van der Waals surface area contributed by atoms with Crippen molar-refractivity contribution >= 4 is 18.0 Å². The first kappa shape index (κ1) is 42.8. The Hall–Kier alpha value is -2.93. The van der Waals surface area contributed by atoms with Crippen molar-refractivity contribution in [3.63, 3.8) is 0 Å². The van der Waals surface area contributed by atoms with Gasteiger partial charge in [0.25, 0.3) is 0 Å². The van der Waals surface area contributed by atoms with E-state index >= 15 is 0 Å². The summed E-state index contributed by atoms with van der Waals surface area (Å²) in [6, 6.07) is 1.88. The summed E-state index contributed by atoms with van der Waals surface area (Å²) in [4.78, 5) is 43.6. The molecule has 2 N–H and O–H groups in total. The van der Waals surface area contributed by atoms with Crippen molar-refractivity contribution < 1.29 is 41.8 Å². The van der Waals surface area contributed by atoms with Crippen molar-refractivity contribution in [3.8, 4) is 0 Å². The molecule has 0 unspecified atom stereocenters. The molecule has 2 aliphatic carbocycles. The molecule has 1 saturated heterocycles. The van der Waals surface area contributed by atoms with Crippen LogP contribution < -0.4 is 10.6 Å². The molecule has 2 saturated carbocycles. The number of methoxy groups -OCH3 is 1. The van der Waals surface area contributed by atoms with Crippen LogP contribution in [0.5, 0.6) is 0 Å². The molecule has 13 heteroatoms. The third-order valence-corrected chi connectivity index (χ3v) is 11.0. The number of alkyl halides is 3. The van der Waals surface area contributed by atoms with Gasteiger partial charge in [0.15, 0.2) is 0 Å². The number of nitrogens with zero attached hydrogens (tertiary/aromatic N) is 2. The van der Waals surface area contributed by atoms with Gasteiger partial charge in [0.2, 0.25) is 5.91 Å². The molecule has 1 aromatic rings. The standard InChI is InChI=1S/C24H34F3N3O2.C16H29NO4/c1-16(2)12-23(7-3-20(13-23)29-19-5-9-32-10-6-19)22(31)30-8-4-21-17(15-30)11-18(14-28-21)24(25,26)27;1-11(2)9-16(13(18)20-6)8-7-12(10-16)17-14(19)21-15(3,4)5/h11,14,16,19-20,29H,3-10,12-13,15H2,1-2H3;11-12H,7-10H2,1-6H3,(H,17,19)/t20-,23-;12-,16-/m11/s1. The largest absolute Gasteiger partial charge is 0.469 e. The van der Waals surface area contributed by atoms with Crippen molar-refractivity contribution in [2.75, 3.05) is 26.9 Å². The van der Waals surface area contributed by atoms with Crippen molar-refractivity contribution in [2.24, 2.45) is 22.7 Å². The van der Waals surface area contributed by atoms with Gasteiger partial charge in [-0.2, -0.15) is 13.2 Å². The first-order valence-electron chi connectivity index (χ1n) is 19.5. The zero-order valence-electron chi connectivity index (χ0n) is 33.1. The topological polar surface area (TPSA) is 119 Å². The average molecular weight is 753 g/mol. The van der Waals surface area contributed by atoms with Gasteiger partial charge in [-0.05, 0) is 108 Å². The number of nitrogens with one attached hydrogen (secondary N) is 2. The number of pyridine rings is 1. The molecular weight excluding hydrogens is 689 g/mol. The normalized spacial score (nSPS) is 26.5. The molecule has 300 valence electrons. The van der Waals surface area contributed by atoms with E-state index in [0.717, 1.165) is 77.2 Å². The summed E-state index contributed by atoms with van der Waals surface area (Å²) < 4.78 is 55.2. The summed E-state index contributed by atoms with van der Waals surface area (Å²) in [5.41, 5.74) is -0.977. The van der Waals surface area contributed by atoms with Crippen LogP contribution in [0.2, 0.25) is 0 Å². The zero-order chi connectivity index (χ0) is 39.2. The van der Waals surface area contributed by atoms with Crippen LogP contribution in [0.1, 0.15) is 129 Å². The van der Waals surface area contributed by atoms with Gasteiger partial charge in [0.1, 0.15) is 5.60 Å². The number of carbonyl (C=O) groups excluding carboxylic acids is 3. The summed E-state index contributed by atoms with van der Waals surface area (Å²) in [5, 5.41) is 6.63. The Labute approximate surface area is 314 Å². The molecule has 1 aromatic heterocycles. The van der Waals surface area contributed by atoms with E-state index in [1.165, 1.54) is 13.2 Å². The number of ether oxygens (including phenoxy) is 3. The van der Waals surface area contributed by atoms with Gasteiger partial charge in [-0.15, -0.1) is 0 Å². The maximum atomic E-state index is 13.8. The van der Waals surface area contributed by atoms with Gasteiger partial charge in [-0.1, -0.05) is 27.7 Å². The molecule has 2 aliphatic heterocycles. The van der Waals surface area contributed by atoms with Crippen LogP contribution in [0.15, 0.2) is 12.3 Å². The summed E-state index contributed by atoms with van der Waals surface area (Å²) in [5.74, 6) is 0.718. The summed E-state index contributed by atoms with van der Waals surface area (Å²) in [6.07, 6.45) is 4.88. The highest BCUT2D eigenvalue weighted by Crippen LogP contribution is 2.46. The molecular formula is C40H63F3N4O6. The lowest BCUT2D eigenvalue weighted by atomic mass is 9.76. The number of esters is 1. The Morgan fingerprint density at radius 1 is 0.943 bits per heavy atom. The Morgan fingerprint density at radius 3 is 2.15 bits per heavy atom. The van der Waals surface area contributed by atoms with Crippen molar-refractivity contribution in [3.05, 3.63) is 29.1 Å². The first-order chi connectivity index (χ1) is 24.7. The van der Waals surface area contributed by atoms with Gasteiger partial charge in [0.05, 0.1) is 23.5 Å². The lowest BCUT2D eigenvalue weighted by molar-refractivity contribution is -0.153. The summed E-state index contributed by atoms with van der Waals surface area (Å²) in [7, 11) is 1.43. The van der Waals surface area contributed by atoms with Crippen LogP contribution in [0.4, 0.5) is 18.0 Å². The van der Waals surface area contributed by atoms with Crippen molar-refractivity contribution in [2.45, 2.75) is 156 Å². The minimum Gasteiger partial charge on any atom is -0.469 e. The molecule has 5 rings (SSSR count). The zero-order valence-corrected chi connectivity index (χ0v) is 33.1. The van der Waals surface area contributed by atoms with E-state index < -0.39 is 34.3 Å². The van der Waals surface area contributed by atoms with E-state index in [9.17, 15) is 27.6 Å². The van der Waals surface area contributed by atoms with E-state index in [1.807, 2.05) is 20.8 Å². The lowest BCUT2D eigenvalue weighted by Gasteiger charge is -2.38. The second-order valence-electron chi connectivity index (χ2n) is 17.6. The van der Waals surface area contributed by atoms with Gasteiger partial charge in [-0.3, -0.25) is 14.6 Å². The van der Waals surface area contributed by atoms with E-state index in [1.54, 1.807) is 4.90 Å². The number of aromatic nitrogens is 1. The predicted molar refractivity (Wildman–Crippen MR) is 196 cm³/mol. The number of carbonyl (C=O) groups is 3. The molecule has 53 heavy (non-hydrogen) atoms. The van der Waals surface area contributed by atoms with Crippen LogP contribution in [0.3, 0.4) is 0 Å². The predicted octanol–water partition coefficient (Wildman–Crippen LogP) is 7.61. The monoisotopic (exact) mass is 752 g/mol. The highest BCUT2D eigenvalue weighted by atomic mass is 19.4. The smallest absolute Gasteiger partial charge is 0.417 e. The summed E-state index contributed by atoms with van der Waals surface area (Å²) in [6.45, 7) is 16.3. The van der Waals surface area contributed by atoms with Gasteiger partial charge in [-0.25, -0.2) is 4.79 Å². The molecule has 3 fully saturated rings. The van der Waals surface area contributed by atoms with Crippen LogP contribution in [0.25, 0.3) is 0 Å². The fourth-order valence-electron chi connectivity index (χ4n) is 8.98. The number of rotatable bonds is 9. The number of halogens is 3. The second kappa shape index (κ2) is 17.7. The maximum Gasteiger partial charge on any atom is 0.417 e. The number of amides is 2. The summed E-state index contributed by atoms with van der Waals surface area (Å²) >= 11 is 0. The Balaban J connectivity index is 0.000000260. The van der Waals surface area contributed by atoms with Crippen LogP contribution in [0, 0.1) is 22.7 Å². The van der Waals surface area contributed by atoms with Crippen LogP contribution in [-0.2, 0) is 42.9 Å². The van der Waals surface area contributed by atoms with Crippen LogP contribution in [-0.4, -0.2) is 78.4 Å². The van der Waals surface area contributed by atoms with E-state index in [-0.39, 0.29) is 24.5 Å². The molecule has 0 spiro atoms. The highest BCUT2D eigenvalue weighted by Gasteiger charge is 2.49. The Kier molecular flexibility index (Phi) is 14.3. The lowest BCUT2D eigenvalue weighted by Crippen LogP contribution is -2.47. The maximum absolute atomic E-state index is 13.8. The SMILES string of the molecule is CC(C)C[C@]1(C(=O)N2CCc3ncc(C(F)(F)F)cc3C2)CC[C@@H](NC2CCOCC2)C1.COC(=O)[C@@]1(CC(C)C)CC[C@@H](NC(=O)OC(C)(C)C)C1.